The molecule has 22 heavy (non-hydrogen) atoms. The summed E-state index contributed by atoms with van der Waals surface area (Å²) in [6, 6.07) is 9.36. The van der Waals surface area contributed by atoms with Crippen molar-refractivity contribution in [3.05, 3.63) is 47.1 Å². The molecule has 6 heteroatoms. The molecule has 2 heterocycles. The quantitative estimate of drug-likeness (QED) is 0.691. The van der Waals surface area contributed by atoms with Gasteiger partial charge in [-0.2, -0.15) is 0 Å². The van der Waals surface area contributed by atoms with Gasteiger partial charge in [0.05, 0.1) is 22.2 Å². The number of nitrogens with two attached hydrogens (primary N) is 1. The van der Waals surface area contributed by atoms with Crippen LogP contribution in [0.3, 0.4) is 0 Å². The van der Waals surface area contributed by atoms with E-state index in [1.54, 1.807) is 23.2 Å². The molecule has 0 atom stereocenters. The number of anilines is 2. The van der Waals surface area contributed by atoms with E-state index in [-0.39, 0.29) is 5.91 Å². The van der Waals surface area contributed by atoms with Crippen molar-refractivity contribution in [2.75, 3.05) is 22.9 Å². The fourth-order valence-electron chi connectivity index (χ4n) is 2.62. The molecular formula is C16H16ClN3OS. The van der Waals surface area contributed by atoms with Crippen LogP contribution in [0.2, 0.25) is 5.02 Å². The summed E-state index contributed by atoms with van der Waals surface area (Å²) in [6.45, 7) is 0.705. The third-order valence-corrected chi connectivity index (χ3v) is 5.01. The Labute approximate surface area is 138 Å². The summed E-state index contributed by atoms with van der Waals surface area (Å²) in [7, 11) is 0. The standard InChI is InChI=1S/C16H16ClN3OS/c17-12-6-2-8-19-16(12)22-10-14(21)20-9-3-5-11-4-1-7-13(18)15(11)20/h1-2,4,6-8H,3,5,9-10,18H2. The highest BCUT2D eigenvalue weighted by atomic mass is 35.5. The van der Waals surface area contributed by atoms with Gasteiger partial charge >= 0.3 is 0 Å². The molecule has 0 spiro atoms. The van der Waals surface area contributed by atoms with Crippen molar-refractivity contribution in [3.8, 4) is 0 Å². The number of hydrogen-bond donors (Lipinski definition) is 1. The molecule has 1 aromatic carbocycles. The van der Waals surface area contributed by atoms with Crippen molar-refractivity contribution >= 4 is 40.6 Å². The first kappa shape index (κ1) is 15.2. The third kappa shape index (κ3) is 3.05. The lowest BCUT2D eigenvalue weighted by Gasteiger charge is -2.30. The van der Waals surface area contributed by atoms with E-state index in [9.17, 15) is 4.79 Å². The van der Waals surface area contributed by atoms with Gasteiger partial charge in [-0.3, -0.25) is 4.79 Å². The molecule has 0 unspecified atom stereocenters. The summed E-state index contributed by atoms with van der Waals surface area (Å²) in [6.07, 6.45) is 3.59. The van der Waals surface area contributed by atoms with E-state index in [1.165, 1.54) is 11.8 Å². The number of aromatic nitrogens is 1. The summed E-state index contributed by atoms with van der Waals surface area (Å²) >= 11 is 7.43. The molecule has 0 saturated heterocycles. The molecule has 1 amide bonds. The maximum atomic E-state index is 12.6. The lowest BCUT2D eigenvalue weighted by Crippen LogP contribution is -2.37. The van der Waals surface area contributed by atoms with E-state index in [2.05, 4.69) is 4.98 Å². The number of halogens is 1. The number of hydrogen-bond acceptors (Lipinski definition) is 4. The van der Waals surface area contributed by atoms with Crippen LogP contribution in [0.4, 0.5) is 11.4 Å². The van der Waals surface area contributed by atoms with Crippen molar-refractivity contribution in [1.29, 1.82) is 0 Å². The third-order valence-electron chi connectivity index (χ3n) is 3.61. The fourth-order valence-corrected chi connectivity index (χ4v) is 3.66. The second-order valence-corrected chi connectivity index (χ2v) is 6.45. The molecule has 1 aliphatic heterocycles. The Morgan fingerprint density at radius 2 is 2.23 bits per heavy atom. The topological polar surface area (TPSA) is 59.2 Å². The van der Waals surface area contributed by atoms with Crippen molar-refractivity contribution < 1.29 is 4.79 Å². The average Bonchev–Trinajstić information content (AvgIpc) is 2.53. The molecule has 0 radical (unpaired) electrons. The Hall–Kier alpha value is -1.72. The zero-order chi connectivity index (χ0) is 15.5. The van der Waals surface area contributed by atoms with Gasteiger partial charge in [0, 0.05) is 12.7 Å². The molecule has 1 aliphatic rings. The summed E-state index contributed by atoms with van der Waals surface area (Å²) in [5, 5.41) is 1.25. The minimum absolute atomic E-state index is 0.0329. The van der Waals surface area contributed by atoms with Crippen LogP contribution in [0.5, 0.6) is 0 Å². The normalized spacial score (nSPS) is 13.8. The Balaban J connectivity index is 1.76. The molecule has 0 bridgehead atoms. The number of nitrogens with zero attached hydrogens (tertiary/aromatic N) is 2. The summed E-state index contributed by atoms with van der Waals surface area (Å²) in [4.78, 5) is 18.6. The molecule has 0 fully saturated rings. The molecule has 114 valence electrons. The molecular weight excluding hydrogens is 318 g/mol. The maximum Gasteiger partial charge on any atom is 0.237 e. The van der Waals surface area contributed by atoms with Crippen LogP contribution in [-0.2, 0) is 11.2 Å². The van der Waals surface area contributed by atoms with Crippen LogP contribution in [0.15, 0.2) is 41.6 Å². The molecule has 2 aromatic rings. The molecule has 1 aromatic heterocycles. The second-order valence-electron chi connectivity index (χ2n) is 5.08. The number of rotatable bonds is 3. The first-order valence-corrected chi connectivity index (χ1v) is 8.44. The highest BCUT2D eigenvalue weighted by Gasteiger charge is 2.24. The summed E-state index contributed by atoms with van der Waals surface area (Å²) in [5.41, 5.74) is 8.73. The number of benzene rings is 1. The first-order valence-electron chi connectivity index (χ1n) is 7.08. The van der Waals surface area contributed by atoms with Gasteiger partial charge in [0.1, 0.15) is 5.03 Å². The number of fused-ring (bicyclic) bond motifs is 1. The number of nitrogen functional groups attached to an aromatic ring is 1. The second kappa shape index (κ2) is 6.58. The predicted octanol–water partition coefficient (Wildman–Crippen LogP) is 3.39. The van der Waals surface area contributed by atoms with Crippen LogP contribution in [0.25, 0.3) is 0 Å². The van der Waals surface area contributed by atoms with Gasteiger partial charge in [0.2, 0.25) is 5.91 Å². The Morgan fingerprint density at radius 1 is 1.36 bits per heavy atom. The lowest BCUT2D eigenvalue weighted by atomic mass is 10.0. The van der Waals surface area contributed by atoms with Crippen LogP contribution in [-0.4, -0.2) is 23.2 Å². The molecule has 0 saturated carbocycles. The lowest BCUT2D eigenvalue weighted by molar-refractivity contribution is -0.116. The van der Waals surface area contributed by atoms with Crippen LogP contribution in [0, 0.1) is 0 Å². The van der Waals surface area contributed by atoms with Gasteiger partial charge in [-0.15, -0.1) is 0 Å². The number of para-hydroxylation sites is 1. The number of carbonyl (C=O) groups is 1. The highest BCUT2D eigenvalue weighted by molar-refractivity contribution is 8.00. The molecule has 0 aliphatic carbocycles. The number of amides is 1. The number of aryl methyl sites for hydroxylation is 1. The Morgan fingerprint density at radius 3 is 3.05 bits per heavy atom. The summed E-state index contributed by atoms with van der Waals surface area (Å²) in [5.74, 6) is 0.329. The number of pyridine rings is 1. The Kier molecular flexibility index (Phi) is 4.55. The van der Waals surface area contributed by atoms with E-state index in [4.69, 9.17) is 17.3 Å². The number of thioether (sulfide) groups is 1. The zero-order valence-electron chi connectivity index (χ0n) is 12.0. The van der Waals surface area contributed by atoms with Crippen molar-refractivity contribution in [3.63, 3.8) is 0 Å². The maximum absolute atomic E-state index is 12.6. The van der Waals surface area contributed by atoms with Crippen LogP contribution < -0.4 is 10.6 Å². The largest absolute Gasteiger partial charge is 0.397 e. The van der Waals surface area contributed by atoms with Gasteiger partial charge in [0.15, 0.2) is 0 Å². The van der Waals surface area contributed by atoms with E-state index in [0.29, 0.717) is 28.0 Å². The minimum Gasteiger partial charge on any atom is -0.397 e. The van der Waals surface area contributed by atoms with Gasteiger partial charge < -0.3 is 10.6 Å². The van der Waals surface area contributed by atoms with Gasteiger partial charge in [-0.05, 0) is 36.6 Å². The Bertz CT molecular complexity index is 708. The van der Waals surface area contributed by atoms with Crippen LogP contribution in [0.1, 0.15) is 12.0 Å². The highest BCUT2D eigenvalue weighted by Crippen LogP contribution is 2.33. The van der Waals surface area contributed by atoms with E-state index in [1.807, 2.05) is 18.2 Å². The SMILES string of the molecule is Nc1cccc2c1N(C(=O)CSc1ncccc1Cl)CCC2. The van der Waals surface area contributed by atoms with Gasteiger partial charge in [-0.25, -0.2) is 4.98 Å². The van der Waals surface area contributed by atoms with E-state index < -0.39 is 0 Å². The first-order chi connectivity index (χ1) is 10.7. The van der Waals surface area contributed by atoms with E-state index >= 15 is 0 Å². The average molecular weight is 334 g/mol. The van der Waals surface area contributed by atoms with E-state index in [0.717, 1.165) is 24.1 Å². The predicted molar refractivity (Wildman–Crippen MR) is 91.5 cm³/mol. The monoisotopic (exact) mass is 333 g/mol. The fraction of sp³-hybridized carbons (Fsp3) is 0.250. The van der Waals surface area contributed by atoms with Gasteiger partial charge in [0.25, 0.3) is 0 Å². The van der Waals surface area contributed by atoms with Crippen LogP contribution >= 0.6 is 23.4 Å². The van der Waals surface area contributed by atoms with Gasteiger partial charge in [-0.1, -0.05) is 35.5 Å². The zero-order valence-corrected chi connectivity index (χ0v) is 13.5. The number of carbonyl (C=O) groups excluding carboxylic acids is 1. The molecule has 2 N–H and O–H groups in total. The minimum atomic E-state index is 0.0329. The molecule has 4 nitrogen and oxygen atoms in total. The molecule has 3 rings (SSSR count). The summed E-state index contributed by atoms with van der Waals surface area (Å²) < 4.78 is 0. The van der Waals surface area contributed by atoms with Crippen molar-refractivity contribution in [2.24, 2.45) is 0 Å². The van der Waals surface area contributed by atoms with Crippen molar-refractivity contribution in [2.45, 2.75) is 17.9 Å². The smallest absolute Gasteiger partial charge is 0.237 e. The van der Waals surface area contributed by atoms with Crippen molar-refractivity contribution in [1.82, 2.24) is 4.98 Å².